The smallest absolute Gasteiger partial charge is 0.237 e. The Morgan fingerprint density at radius 3 is 2.60 bits per heavy atom. The Labute approximate surface area is 93.8 Å². The summed E-state index contributed by atoms with van der Waals surface area (Å²) in [5.41, 5.74) is 2.64. The highest BCUT2D eigenvalue weighted by Crippen LogP contribution is 2.22. The summed E-state index contributed by atoms with van der Waals surface area (Å²) in [4.78, 5) is 0. The summed E-state index contributed by atoms with van der Waals surface area (Å²) in [7, 11) is 0. The summed E-state index contributed by atoms with van der Waals surface area (Å²) in [6, 6.07) is 7.10. The van der Waals surface area contributed by atoms with Crippen LogP contribution >= 0.6 is 15.9 Å². The van der Waals surface area contributed by atoms with Crippen molar-refractivity contribution >= 4 is 27.3 Å². The third-order valence-corrected chi connectivity index (χ3v) is 2.09. The van der Waals surface area contributed by atoms with Gasteiger partial charge in [0.05, 0.1) is 5.69 Å². The first-order valence-electron chi connectivity index (χ1n) is 3.76. The highest BCUT2D eigenvalue weighted by Gasteiger charge is 2.00. The van der Waals surface area contributed by atoms with Gasteiger partial charge >= 0.3 is 0 Å². The molecule has 0 amide bonds. The summed E-state index contributed by atoms with van der Waals surface area (Å²) < 4.78 is 13.1. The summed E-state index contributed by atoms with van der Waals surface area (Å²) in [6.07, 6.45) is 0. The van der Waals surface area contributed by atoms with Gasteiger partial charge in [0.2, 0.25) is 5.71 Å². The van der Waals surface area contributed by atoms with Crippen LogP contribution in [0.4, 0.5) is 10.1 Å². The van der Waals surface area contributed by atoms with Crippen molar-refractivity contribution in [3.8, 4) is 12.1 Å². The second kappa shape index (κ2) is 5.08. The van der Waals surface area contributed by atoms with Crippen molar-refractivity contribution in [2.24, 2.45) is 5.10 Å². The predicted molar refractivity (Wildman–Crippen MR) is 56.4 cm³/mol. The molecule has 15 heavy (non-hydrogen) atoms. The zero-order valence-electron chi connectivity index (χ0n) is 7.33. The maximum Gasteiger partial charge on any atom is 0.237 e. The third-order valence-electron chi connectivity index (χ3n) is 1.43. The Hall–Kier alpha value is -1.92. The molecule has 0 heterocycles. The van der Waals surface area contributed by atoms with Crippen LogP contribution in [0.1, 0.15) is 0 Å². The van der Waals surface area contributed by atoms with E-state index in [-0.39, 0.29) is 5.71 Å². The van der Waals surface area contributed by atoms with Crippen molar-refractivity contribution in [1.29, 1.82) is 10.5 Å². The van der Waals surface area contributed by atoms with E-state index in [0.29, 0.717) is 10.2 Å². The summed E-state index contributed by atoms with van der Waals surface area (Å²) in [6.45, 7) is 0. The number of anilines is 1. The molecule has 0 spiro atoms. The van der Waals surface area contributed by atoms with Gasteiger partial charge in [0.15, 0.2) is 0 Å². The first-order valence-corrected chi connectivity index (χ1v) is 4.55. The number of nitrogens with one attached hydrogen (secondary N) is 1. The quantitative estimate of drug-likeness (QED) is 0.660. The molecule has 1 rings (SSSR count). The lowest BCUT2D eigenvalue weighted by Crippen LogP contribution is -1.97. The molecule has 74 valence electrons. The van der Waals surface area contributed by atoms with Crippen molar-refractivity contribution in [2.75, 3.05) is 5.43 Å². The molecule has 0 unspecified atom stereocenters. The second-order valence-electron chi connectivity index (χ2n) is 2.42. The summed E-state index contributed by atoms with van der Waals surface area (Å²) in [5, 5.41) is 20.3. The van der Waals surface area contributed by atoms with E-state index in [1.54, 1.807) is 12.1 Å². The van der Waals surface area contributed by atoms with Gasteiger partial charge in [-0.25, -0.2) is 4.39 Å². The zero-order chi connectivity index (χ0) is 11.3. The lowest BCUT2D eigenvalue weighted by molar-refractivity contribution is 0.627. The van der Waals surface area contributed by atoms with Crippen molar-refractivity contribution in [2.45, 2.75) is 0 Å². The van der Waals surface area contributed by atoms with Crippen LogP contribution in [-0.2, 0) is 0 Å². The minimum absolute atomic E-state index is 0.300. The van der Waals surface area contributed by atoms with Crippen molar-refractivity contribution in [1.82, 2.24) is 0 Å². The van der Waals surface area contributed by atoms with Crippen LogP contribution < -0.4 is 5.43 Å². The Balaban J connectivity index is 2.89. The molecule has 1 N–H and O–H groups in total. The van der Waals surface area contributed by atoms with Gasteiger partial charge < -0.3 is 0 Å². The average molecular weight is 267 g/mol. The van der Waals surface area contributed by atoms with Gasteiger partial charge in [-0.15, -0.1) is 0 Å². The largest absolute Gasteiger partial charge is 0.275 e. The average Bonchev–Trinajstić information content (AvgIpc) is 2.22. The monoisotopic (exact) mass is 266 g/mol. The molecule has 6 heteroatoms. The molecule has 0 aliphatic carbocycles. The molecule has 0 aliphatic heterocycles. The van der Waals surface area contributed by atoms with E-state index in [1.165, 1.54) is 18.2 Å². The molecule has 4 nitrogen and oxygen atoms in total. The van der Waals surface area contributed by atoms with Crippen LogP contribution in [0.15, 0.2) is 27.8 Å². The Bertz CT molecular complexity index is 468. The fourth-order valence-corrected chi connectivity index (χ4v) is 1.21. The molecule has 0 radical (unpaired) electrons. The molecule has 1 aromatic carbocycles. The summed E-state index contributed by atoms with van der Waals surface area (Å²) >= 11 is 3.10. The van der Waals surface area contributed by atoms with E-state index in [9.17, 15) is 4.39 Å². The molecule has 0 fully saturated rings. The fraction of sp³-hybridized carbons (Fsp3) is 0. The van der Waals surface area contributed by atoms with E-state index in [1.807, 2.05) is 0 Å². The van der Waals surface area contributed by atoms with Crippen molar-refractivity contribution in [3.63, 3.8) is 0 Å². The van der Waals surface area contributed by atoms with Crippen molar-refractivity contribution < 1.29 is 4.39 Å². The van der Waals surface area contributed by atoms with Gasteiger partial charge in [0, 0.05) is 4.47 Å². The molecule has 0 saturated carbocycles. The van der Waals surface area contributed by atoms with Gasteiger partial charge in [-0.2, -0.15) is 15.6 Å². The zero-order valence-corrected chi connectivity index (χ0v) is 8.92. The Morgan fingerprint density at radius 1 is 1.40 bits per heavy atom. The minimum atomic E-state index is -0.391. The maximum absolute atomic E-state index is 12.7. The Morgan fingerprint density at radius 2 is 2.07 bits per heavy atom. The van der Waals surface area contributed by atoms with Crippen LogP contribution in [0.3, 0.4) is 0 Å². The topological polar surface area (TPSA) is 72.0 Å². The lowest BCUT2D eigenvalue weighted by atomic mass is 10.3. The number of hydrazone groups is 1. The third kappa shape index (κ3) is 3.04. The van der Waals surface area contributed by atoms with Gasteiger partial charge in [-0.3, -0.25) is 5.43 Å². The van der Waals surface area contributed by atoms with Gasteiger partial charge in [-0.05, 0) is 34.1 Å². The molecule has 0 aliphatic rings. The fourth-order valence-electron chi connectivity index (χ4n) is 0.771. The van der Waals surface area contributed by atoms with Gasteiger partial charge in [0.1, 0.15) is 18.0 Å². The second-order valence-corrected chi connectivity index (χ2v) is 3.27. The van der Waals surface area contributed by atoms with E-state index in [4.69, 9.17) is 10.5 Å². The molecule has 0 atom stereocenters. The lowest BCUT2D eigenvalue weighted by Gasteiger charge is -2.02. The first-order chi connectivity index (χ1) is 7.17. The Kier molecular flexibility index (Phi) is 3.78. The number of halogens is 2. The highest BCUT2D eigenvalue weighted by molar-refractivity contribution is 9.10. The molecular weight excluding hydrogens is 263 g/mol. The molecule has 0 saturated heterocycles. The number of hydrogen-bond donors (Lipinski definition) is 1. The van der Waals surface area contributed by atoms with Crippen LogP contribution in [0.25, 0.3) is 0 Å². The SMILES string of the molecule is N#CC(C#N)=NNc1ccc(F)cc1Br. The predicted octanol–water partition coefficient (Wildman–Crippen LogP) is 2.40. The van der Waals surface area contributed by atoms with Crippen LogP contribution in [-0.4, -0.2) is 5.71 Å². The first kappa shape index (κ1) is 11.2. The van der Waals surface area contributed by atoms with E-state index >= 15 is 0 Å². The van der Waals surface area contributed by atoms with Crippen LogP contribution in [0.2, 0.25) is 0 Å². The van der Waals surface area contributed by atoms with Crippen molar-refractivity contribution in [3.05, 3.63) is 28.5 Å². The van der Waals surface area contributed by atoms with E-state index in [2.05, 4.69) is 26.5 Å². The normalized spacial score (nSPS) is 8.53. The van der Waals surface area contributed by atoms with Gasteiger partial charge in [0.25, 0.3) is 0 Å². The number of hydrogen-bond acceptors (Lipinski definition) is 4. The molecule has 1 aromatic rings. The number of nitrogens with zero attached hydrogens (tertiary/aromatic N) is 3. The molecular formula is C9H4BrFN4. The molecule has 0 bridgehead atoms. The van der Waals surface area contributed by atoms with E-state index < -0.39 is 5.82 Å². The minimum Gasteiger partial charge on any atom is -0.275 e. The van der Waals surface area contributed by atoms with E-state index in [0.717, 1.165) is 0 Å². The van der Waals surface area contributed by atoms with Crippen LogP contribution in [0, 0.1) is 28.5 Å². The number of benzene rings is 1. The van der Waals surface area contributed by atoms with Crippen LogP contribution in [0.5, 0.6) is 0 Å². The highest BCUT2D eigenvalue weighted by atomic mass is 79.9. The molecule has 0 aromatic heterocycles. The maximum atomic E-state index is 12.7. The number of rotatable bonds is 2. The number of nitriles is 2. The standard InChI is InChI=1S/C9H4BrFN4/c10-8-3-6(11)1-2-9(8)15-14-7(4-12)5-13/h1-3,15H. The van der Waals surface area contributed by atoms with Gasteiger partial charge in [-0.1, -0.05) is 0 Å². The summed E-state index contributed by atoms with van der Waals surface area (Å²) in [5.74, 6) is -0.391.